The lowest BCUT2D eigenvalue weighted by Gasteiger charge is -2.27. The Bertz CT molecular complexity index is 728. The van der Waals surface area contributed by atoms with Gasteiger partial charge in [0.1, 0.15) is 6.07 Å². The Labute approximate surface area is 122 Å². The van der Waals surface area contributed by atoms with Gasteiger partial charge in [0, 0.05) is 11.1 Å². The Balaban J connectivity index is 2.09. The molecule has 0 aromatic heterocycles. The highest BCUT2D eigenvalue weighted by atomic mass is 15.5. The zero-order valence-electron chi connectivity index (χ0n) is 11.2. The van der Waals surface area contributed by atoms with Crippen LogP contribution in [0.4, 0.5) is 0 Å². The predicted octanol–water partition coefficient (Wildman–Crippen LogP) is 1.92. The van der Waals surface area contributed by atoms with Crippen molar-refractivity contribution in [2.75, 3.05) is 0 Å². The molecule has 1 aliphatic rings. The minimum atomic E-state index is -0.784. The molecule has 102 valence electrons. The van der Waals surface area contributed by atoms with Crippen LogP contribution in [0.2, 0.25) is 0 Å². The van der Waals surface area contributed by atoms with Gasteiger partial charge < -0.3 is 0 Å². The van der Waals surface area contributed by atoms with E-state index >= 15 is 0 Å². The summed E-state index contributed by atoms with van der Waals surface area (Å²) in [7, 11) is 0. The number of hydrazine groups is 1. The quantitative estimate of drug-likeness (QED) is 0.850. The molecule has 1 heterocycles. The molecule has 2 aromatic carbocycles. The van der Waals surface area contributed by atoms with Gasteiger partial charge in [-0.2, -0.15) is 5.26 Å². The van der Waals surface area contributed by atoms with Crippen molar-refractivity contribution in [2.24, 2.45) is 15.8 Å². The highest BCUT2D eigenvalue weighted by molar-refractivity contribution is 6.12. The number of aliphatic imine (C=N–C) groups is 2. The number of nitriles is 1. The van der Waals surface area contributed by atoms with Gasteiger partial charge in [0.25, 0.3) is 0 Å². The van der Waals surface area contributed by atoms with Crippen molar-refractivity contribution in [1.29, 1.82) is 5.26 Å². The minimum absolute atomic E-state index is 0.516. The van der Waals surface area contributed by atoms with Crippen molar-refractivity contribution in [2.45, 2.75) is 6.17 Å². The maximum absolute atomic E-state index is 9.26. The topological polar surface area (TPSA) is 77.8 Å². The summed E-state index contributed by atoms with van der Waals surface area (Å²) in [6.45, 7) is 0. The molecule has 0 bridgehead atoms. The first-order valence-corrected chi connectivity index (χ1v) is 6.50. The molecule has 5 nitrogen and oxygen atoms in total. The molecule has 1 unspecified atom stereocenters. The molecule has 21 heavy (non-hydrogen) atoms. The average molecular weight is 275 g/mol. The van der Waals surface area contributed by atoms with Crippen LogP contribution in [0.5, 0.6) is 0 Å². The van der Waals surface area contributed by atoms with E-state index in [4.69, 9.17) is 5.84 Å². The van der Waals surface area contributed by atoms with Gasteiger partial charge in [0.15, 0.2) is 11.7 Å². The number of benzene rings is 2. The van der Waals surface area contributed by atoms with Crippen molar-refractivity contribution in [3.05, 3.63) is 71.8 Å². The fraction of sp³-hybridized carbons (Fsp3) is 0.0625. The van der Waals surface area contributed by atoms with E-state index in [-0.39, 0.29) is 0 Å². The summed E-state index contributed by atoms with van der Waals surface area (Å²) < 4.78 is 0. The number of hydrogen-bond donors (Lipinski definition) is 1. The van der Waals surface area contributed by atoms with Gasteiger partial charge in [-0.3, -0.25) is 5.01 Å². The summed E-state index contributed by atoms with van der Waals surface area (Å²) in [5.41, 5.74) is 1.71. The lowest BCUT2D eigenvalue weighted by atomic mass is 10.1. The van der Waals surface area contributed by atoms with Crippen molar-refractivity contribution in [3.8, 4) is 6.07 Å². The molecule has 0 radical (unpaired) electrons. The number of nitrogens with two attached hydrogens (primary N) is 1. The molecule has 1 atom stereocenters. The molecule has 2 N–H and O–H groups in total. The molecular formula is C16H13N5. The van der Waals surface area contributed by atoms with Crippen LogP contribution in [0, 0.1) is 11.3 Å². The molecule has 3 rings (SSSR count). The highest BCUT2D eigenvalue weighted by Gasteiger charge is 2.25. The Kier molecular flexibility index (Phi) is 3.46. The molecule has 0 saturated carbocycles. The summed E-state index contributed by atoms with van der Waals surface area (Å²) in [6.07, 6.45) is -0.784. The summed E-state index contributed by atoms with van der Waals surface area (Å²) in [5.74, 6) is 7.03. The van der Waals surface area contributed by atoms with Crippen LogP contribution in [0.25, 0.3) is 0 Å². The molecule has 1 aliphatic heterocycles. The fourth-order valence-corrected chi connectivity index (χ4v) is 2.10. The van der Waals surface area contributed by atoms with Crippen LogP contribution < -0.4 is 5.84 Å². The van der Waals surface area contributed by atoms with E-state index in [0.717, 1.165) is 11.1 Å². The van der Waals surface area contributed by atoms with Gasteiger partial charge in [-0.05, 0) is 0 Å². The highest BCUT2D eigenvalue weighted by Crippen LogP contribution is 2.15. The third-order valence-corrected chi connectivity index (χ3v) is 3.14. The van der Waals surface area contributed by atoms with Crippen LogP contribution in [0.1, 0.15) is 11.1 Å². The lowest BCUT2D eigenvalue weighted by Crippen LogP contribution is -2.47. The minimum Gasteiger partial charge on any atom is -0.256 e. The smallest absolute Gasteiger partial charge is 0.226 e. The summed E-state index contributed by atoms with van der Waals surface area (Å²) in [5, 5.41) is 10.6. The molecule has 0 aliphatic carbocycles. The first-order valence-electron chi connectivity index (χ1n) is 6.50. The van der Waals surface area contributed by atoms with E-state index < -0.39 is 6.17 Å². The van der Waals surface area contributed by atoms with E-state index in [1.54, 1.807) is 0 Å². The van der Waals surface area contributed by atoms with Gasteiger partial charge in [0.05, 0.1) is 0 Å². The summed E-state index contributed by atoms with van der Waals surface area (Å²) in [6, 6.07) is 21.2. The van der Waals surface area contributed by atoms with Crippen LogP contribution in [0.3, 0.4) is 0 Å². The van der Waals surface area contributed by atoms with E-state index in [9.17, 15) is 5.26 Å². The van der Waals surface area contributed by atoms with Gasteiger partial charge in [-0.1, -0.05) is 60.7 Å². The Hall–Kier alpha value is -2.97. The van der Waals surface area contributed by atoms with Crippen molar-refractivity contribution < 1.29 is 0 Å². The standard InChI is InChI=1S/C16H13N5/c17-11-14-19-15(12-7-3-1-4-8-12)20-16(21(14)18)13-9-5-2-6-10-13/h1-10,14H,18H2. The van der Waals surface area contributed by atoms with Crippen LogP contribution in [0.15, 0.2) is 70.6 Å². The van der Waals surface area contributed by atoms with E-state index in [2.05, 4.69) is 16.1 Å². The zero-order valence-corrected chi connectivity index (χ0v) is 11.2. The third kappa shape index (κ3) is 2.53. The average Bonchev–Trinajstić information content (AvgIpc) is 2.56. The van der Waals surface area contributed by atoms with Gasteiger partial charge in [-0.15, -0.1) is 0 Å². The SMILES string of the molecule is N#CC1N=C(c2ccccc2)N=C(c2ccccc2)N1N. The van der Waals surface area contributed by atoms with Gasteiger partial charge in [0.2, 0.25) is 6.17 Å². The van der Waals surface area contributed by atoms with Gasteiger partial charge >= 0.3 is 0 Å². The predicted molar refractivity (Wildman–Crippen MR) is 81.4 cm³/mol. The fourth-order valence-electron chi connectivity index (χ4n) is 2.10. The Morgan fingerprint density at radius 3 is 2.10 bits per heavy atom. The largest absolute Gasteiger partial charge is 0.256 e. The van der Waals surface area contributed by atoms with Crippen molar-refractivity contribution in [3.63, 3.8) is 0 Å². The maximum atomic E-state index is 9.26. The summed E-state index contributed by atoms with van der Waals surface area (Å²) in [4.78, 5) is 8.81. The molecule has 5 heteroatoms. The molecule has 0 fully saturated rings. The van der Waals surface area contributed by atoms with Crippen molar-refractivity contribution >= 4 is 11.7 Å². The van der Waals surface area contributed by atoms with E-state index in [1.807, 2.05) is 60.7 Å². The summed E-state index contributed by atoms with van der Waals surface area (Å²) >= 11 is 0. The van der Waals surface area contributed by atoms with Crippen LogP contribution in [-0.4, -0.2) is 22.8 Å². The lowest BCUT2D eigenvalue weighted by molar-refractivity contribution is 0.385. The first kappa shape index (κ1) is 13.0. The molecular weight excluding hydrogens is 262 g/mol. The second-order valence-corrected chi connectivity index (χ2v) is 4.53. The monoisotopic (exact) mass is 275 g/mol. The van der Waals surface area contributed by atoms with Gasteiger partial charge in [-0.25, -0.2) is 15.8 Å². The number of amidine groups is 2. The normalized spacial score (nSPS) is 17.7. The first-order chi connectivity index (χ1) is 10.3. The number of nitrogens with zero attached hydrogens (tertiary/aromatic N) is 4. The number of rotatable bonds is 2. The zero-order chi connectivity index (χ0) is 14.7. The second-order valence-electron chi connectivity index (χ2n) is 4.53. The third-order valence-electron chi connectivity index (χ3n) is 3.14. The Morgan fingerprint density at radius 1 is 0.952 bits per heavy atom. The molecule has 0 spiro atoms. The Morgan fingerprint density at radius 2 is 1.52 bits per heavy atom. The molecule has 0 saturated heterocycles. The molecule has 2 aromatic rings. The van der Waals surface area contributed by atoms with Crippen LogP contribution in [-0.2, 0) is 0 Å². The van der Waals surface area contributed by atoms with E-state index in [0.29, 0.717) is 11.7 Å². The van der Waals surface area contributed by atoms with E-state index in [1.165, 1.54) is 5.01 Å². The van der Waals surface area contributed by atoms with Crippen molar-refractivity contribution in [1.82, 2.24) is 5.01 Å². The van der Waals surface area contributed by atoms with Crippen LogP contribution >= 0.6 is 0 Å². The molecule has 0 amide bonds. The second kappa shape index (κ2) is 5.57. The number of hydrogen-bond acceptors (Lipinski definition) is 5. The maximum Gasteiger partial charge on any atom is 0.226 e.